The molecule has 13 heavy (non-hydrogen) atoms. The Hall–Kier alpha value is -1.56. The number of rotatable bonds is 2. The number of nitrogens with one attached hydrogen (secondary N) is 2. The molecule has 1 aromatic heterocycles. The molecule has 0 aromatic carbocycles. The maximum Gasteiger partial charge on any atom is 0.325 e. The van der Waals surface area contributed by atoms with Crippen molar-refractivity contribution in [2.75, 3.05) is 0 Å². The Bertz CT molecular complexity index is 408. The maximum atomic E-state index is 10.8. The van der Waals surface area contributed by atoms with Crippen LogP contribution in [0, 0.1) is 0 Å². The molecule has 0 amide bonds. The quantitative estimate of drug-likeness (QED) is 0.584. The number of carbonyl (C=O) groups is 1. The van der Waals surface area contributed by atoms with Gasteiger partial charge in [0.2, 0.25) is 0 Å². The first kappa shape index (κ1) is 11.4. The first-order chi connectivity index (χ1) is 5.59. The smallest absolute Gasteiger partial charge is 0.325 e. The Kier molecular flexibility index (Phi) is 3.93. The minimum Gasteiger partial charge on any atom is -0.481 e. The van der Waals surface area contributed by atoms with Gasteiger partial charge in [0.15, 0.2) is 0 Å². The van der Waals surface area contributed by atoms with E-state index in [9.17, 15) is 14.4 Å². The predicted molar refractivity (Wildman–Crippen MR) is 46.3 cm³/mol. The Labute approximate surface area is 78.0 Å². The van der Waals surface area contributed by atoms with Gasteiger partial charge in [0.25, 0.3) is 5.56 Å². The molecule has 0 aliphatic carbocycles. The van der Waals surface area contributed by atoms with Gasteiger partial charge in [0, 0.05) is 11.8 Å². The van der Waals surface area contributed by atoms with Gasteiger partial charge in [0.1, 0.15) is 0 Å². The first-order valence-corrected chi connectivity index (χ1v) is 3.12. The molecule has 0 saturated heterocycles. The molecule has 1 rings (SSSR count). The van der Waals surface area contributed by atoms with Gasteiger partial charge in [-0.3, -0.25) is 14.6 Å². The van der Waals surface area contributed by atoms with Crippen LogP contribution in [0.25, 0.3) is 0 Å². The molecule has 1 heterocycles. The Morgan fingerprint density at radius 1 is 1.46 bits per heavy atom. The molecular weight excluding hydrogens is 200 g/mol. The lowest BCUT2D eigenvalue weighted by molar-refractivity contribution is -0.136. The number of halogens is 1. The Morgan fingerprint density at radius 2 is 2.08 bits per heavy atom. The van der Waals surface area contributed by atoms with Gasteiger partial charge < -0.3 is 10.1 Å². The number of hydrogen-bond donors (Lipinski definition) is 3. The van der Waals surface area contributed by atoms with Gasteiger partial charge in [-0.25, -0.2) is 4.79 Å². The van der Waals surface area contributed by atoms with Crippen molar-refractivity contribution in [1.29, 1.82) is 0 Å². The highest BCUT2D eigenvalue weighted by Gasteiger charge is 2.04. The zero-order valence-electron chi connectivity index (χ0n) is 6.36. The standard InChI is InChI=1S/C6H6N2O4.ClH/c9-4(10)1-3-2-7-6(12)8-5(3)11;/h2H,1H2,(H,9,10)(H2,7,8,11,12);1H. The molecule has 7 heteroatoms. The number of carboxylic acids is 1. The van der Waals surface area contributed by atoms with Gasteiger partial charge in [-0.1, -0.05) is 0 Å². The fourth-order valence-corrected chi connectivity index (χ4v) is 0.732. The molecule has 0 spiro atoms. The van der Waals surface area contributed by atoms with Crippen molar-refractivity contribution < 1.29 is 9.90 Å². The van der Waals surface area contributed by atoms with Crippen LogP contribution in [0.2, 0.25) is 0 Å². The fraction of sp³-hybridized carbons (Fsp3) is 0.167. The molecule has 3 N–H and O–H groups in total. The van der Waals surface area contributed by atoms with E-state index in [1.807, 2.05) is 4.98 Å². The highest BCUT2D eigenvalue weighted by atomic mass is 35.5. The lowest BCUT2D eigenvalue weighted by Gasteiger charge is -1.92. The van der Waals surface area contributed by atoms with E-state index in [1.165, 1.54) is 0 Å². The van der Waals surface area contributed by atoms with Crippen molar-refractivity contribution in [3.05, 3.63) is 32.6 Å². The summed E-state index contributed by atoms with van der Waals surface area (Å²) in [5, 5.41) is 8.32. The molecule has 1 aromatic rings. The number of aromatic nitrogens is 2. The molecular formula is C6H7ClN2O4. The lowest BCUT2D eigenvalue weighted by Crippen LogP contribution is -2.25. The van der Waals surface area contributed by atoms with Gasteiger partial charge in [0.05, 0.1) is 6.42 Å². The average Bonchev–Trinajstić information content (AvgIpc) is 1.94. The SMILES string of the molecule is Cl.O=C(O)Cc1c[nH]c(=O)[nH]c1=O. The second-order valence-electron chi connectivity index (χ2n) is 2.17. The van der Waals surface area contributed by atoms with E-state index in [-0.39, 0.29) is 18.0 Å². The zero-order valence-corrected chi connectivity index (χ0v) is 7.18. The number of hydrogen-bond acceptors (Lipinski definition) is 3. The summed E-state index contributed by atoms with van der Waals surface area (Å²) >= 11 is 0. The lowest BCUT2D eigenvalue weighted by atomic mass is 10.2. The van der Waals surface area contributed by atoms with Crippen molar-refractivity contribution in [2.45, 2.75) is 6.42 Å². The summed E-state index contributed by atoms with van der Waals surface area (Å²) in [6.45, 7) is 0. The van der Waals surface area contributed by atoms with Crippen LogP contribution in [0.4, 0.5) is 0 Å². The average molecular weight is 207 g/mol. The molecule has 0 aliphatic heterocycles. The van der Waals surface area contributed by atoms with Crippen LogP contribution < -0.4 is 11.2 Å². The third kappa shape index (κ3) is 3.12. The minimum atomic E-state index is -1.12. The van der Waals surface area contributed by atoms with Crippen molar-refractivity contribution in [3.63, 3.8) is 0 Å². The Morgan fingerprint density at radius 3 is 2.54 bits per heavy atom. The van der Waals surface area contributed by atoms with E-state index in [2.05, 4.69) is 4.98 Å². The van der Waals surface area contributed by atoms with E-state index in [0.717, 1.165) is 6.20 Å². The van der Waals surface area contributed by atoms with E-state index in [1.54, 1.807) is 0 Å². The minimum absolute atomic E-state index is 0. The van der Waals surface area contributed by atoms with Crippen LogP contribution in [0.15, 0.2) is 15.8 Å². The normalized spacial score (nSPS) is 8.92. The van der Waals surface area contributed by atoms with Crippen LogP contribution in [0.1, 0.15) is 5.56 Å². The van der Waals surface area contributed by atoms with Crippen LogP contribution in [-0.2, 0) is 11.2 Å². The topological polar surface area (TPSA) is 103 Å². The van der Waals surface area contributed by atoms with E-state index >= 15 is 0 Å². The fourth-order valence-electron chi connectivity index (χ4n) is 0.732. The molecule has 0 fully saturated rings. The molecule has 0 atom stereocenters. The van der Waals surface area contributed by atoms with E-state index < -0.39 is 23.6 Å². The van der Waals surface area contributed by atoms with Gasteiger partial charge in [-0.15, -0.1) is 12.4 Å². The summed E-state index contributed by atoms with van der Waals surface area (Å²) < 4.78 is 0. The van der Waals surface area contributed by atoms with E-state index in [0.29, 0.717) is 0 Å². The molecule has 6 nitrogen and oxygen atoms in total. The third-order valence-electron chi connectivity index (χ3n) is 1.24. The van der Waals surface area contributed by atoms with Gasteiger partial charge in [-0.05, 0) is 0 Å². The van der Waals surface area contributed by atoms with Gasteiger partial charge in [-0.2, -0.15) is 0 Å². The summed E-state index contributed by atoms with van der Waals surface area (Å²) in [6.07, 6.45) is 0.696. The number of aromatic amines is 2. The van der Waals surface area contributed by atoms with Crippen LogP contribution in [-0.4, -0.2) is 21.0 Å². The summed E-state index contributed by atoms with van der Waals surface area (Å²) in [6, 6.07) is 0. The summed E-state index contributed by atoms with van der Waals surface area (Å²) in [5.41, 5.74) is -1.28. The van der Waals surface area contributed by atoms with E-state index in [4.69, 9.17) is 5.11 Å². The largest absolute Gasteiger partial charge is 0.481 e. The molecule has 0 aliphatic rings. The highest BCUT2D eigenvalue weighted by Crippen LogP contribution is 1.85. The molecule has 0 saturated carbocycles. The predicted octanol–water partition coefficient (Wildman–Crippen LogP) is -0.888. The molecule has 0 bridgehead atoms. The second-order valence-corrected chi connectivity index (χ2v) is 2.17. The van der Waals surface area contributed by atoms with Crippen molar-refractivity contribution in [3.8, 4) is 0 Å². The van der Waals surface area contributed by atoms with Crippen molar-refractivity contribution >= 4 is 18.4 Å². The Balaban J connectivity index is 0.00000144. The zero-order chi connectivity index (χ0) is 9.14. The summed E-state index contributed by atoms with van der Waals surface area (Å²) in [5.74, 6) is -1.12. The maximum absolute atomic E-state index is 10.8. The summed E-state index contributed by atoms with van der Waals surface area (Å²) in [7, 11) is 0. The van der Waals surface area contributed by atoms with Crippen LogP contribution >= 0.6 is 12.4 Å². The second kappa shape index (κ2) is 4.46. The number of carboxylic acid groups (broad SMARTS) is 1. The molecule has 72 valence electrons. The number of H-pyrrole nitrogens is 2. The van der Waals surface area contributed by atoms with Crippen LogP contribution in [0.3, 0.4) is 0 Å². The summed E-state index contributed by atoms with van der Waals surface area (Å²) in [4.78, 5) is 35.6. The number of aliphatic carboxylic acids is 1. The third-order valence-corrected chi connectivity index (χ3v) is 1.24. The highest BCUT2D eigenvalue weighted by molar-refractivity contribution is 5.85. The molecule has 0 radical (unpaired) electrons. The van der Waals surface area contributed by atoms with Crippen molar-refractivity contribution in [1.82, 2.24) is 9.97 Å². The van der Waals surface area contributed by atoms with Crippen molar-refractivity contribution in [2.24, 2.45) is 0 Å². The van der Waals surface area contributed by atoms with Crippen LogP contribution in [0.5, 0.6) is 0 Å². The first-order valence-electron chi connectivity index (χ1n) is 3.12. The molecule has 0 unspecified atom stereocenters. The van der Waals surface area contributed by atoms with Gasteiger partial charge >= 0.3 is 11.7 Å². The monoisotopic (exact) mass is 206 g/mol.